The number of benzene rings is 1. The lowest BCUT2D eigenvalue weighted by molar-refractivity contribution is -0.0173. The van der Waals surface area contributed by atoms with Crippen LogP contribution in [0.4, 0.5) is 13.6 Å². The third kappa shape index (κ3) is 5.37. The number of nitrogens with one attached hydrogen (secondary N) is 1. The van der Waals surface area contributed by atoms with Crippen molar-refractivity contribution in [2.24, 2.45) is 0 Å². The van der Waals surface area contributed by atoms with E-state index < -0.39 is 35.4 Å². The molecule has 1 heterocycles. The lowest BCUT2D eigenvalue weighted by Crippen LogP contribution is -2.54. The summed E-state index contributed by atoms with van der Waals surface area (Å²) < 4.78 is 37.7. The maximum atomic E-state index is 13.7. The highest BCUT2D eigenvalue weighted by Gasteiger charge is 2.41. The molecule has 27 heavy (non-hydrogen) atoms. The maximum Gasteiger partial charge on any atom is 0.411 e. The lowest BCUT2D eigenvalue weighted by atomic mass is 9.92. The highest BCUT2D eigenvalue weighted by Crippen LogP contribution is 2.30. The second kappa shape index (κ2) is 8.95. The van der Waals surface area contributed by atoms with E-state index in [-0.39, 0.29) is 19.1 Å². The third-order valence-corrected chi connectivity index (χ3v) is 4.48. The molecule has 1 aromatic carbocycles. The van der Waals surface area contributed by atoms with E-state index in [2.05, 4.69) is 5.32 Å². The quantitative estimate of drug-likeness (QED) is 0.785. The molecule has 0 aliphatic carbocycles. The summed E-state index contributed by atoms with van der Waals surface area (Å²) in [5.74, 6) is -2.13. The van der Waals surface area contributed by atoms with E-state index in [1.54, 1.807) is 20.8 Å². The van der Waals surface area contributed by atoms with Crippen molar-refractivity contribution in [1.82, 2.24) is 10.2 Å². The molecule has 152 valence electrons. The second-order valence-corrected chi connectivity index (χ2v) is 7.68. The van der Waals surface area contributed by atoms with Gasteiger partial charge < -0.3 is 19.9 Å². The summed E-state index contributed by atoms with van der Waals surface area (Å²) in [6.07, 6.45) is -0.583. The number of amides is 1. The van der Waals surface area contributed by atoms with Gasteiger partial charge in [-0.25, -0.2) is 13.6 Å². The Kier molecular flexibility index (Phi) is 7.13. The van der Waals surface area contributed by atoms with Crippen molar-refractivity contribution < 1.29 is 28.2 Å². The molecular formula is C19H28F2N2O4. The van der Waals surface area contributed by atoms with Gasteiger partial charge in [0.25, 0.3) is 0 Å². The Balaban J connectivity index is 2.36. The van der Waals surface area contributed by atoms with E-state index in [0.717, 1.165) is 12.1 Å². The minimum Gasteiger partial charge on any atom is -0.444 e. The van der Waals surface area contributed by atoms with Gasteiger partial charge in [0.2, 0.25) is 0 Å². The summed E-state index contributed by atoms with van der Waals surface area (Å²) in [6, 6.07) is 2.72. The molecule has 2 N–H and O–H groups in total. The van der Waals surface area contributed by atoms with Gasteiger partial charge in [-0.3, -0.25) is 4.90 Å². The zero-order valence-corrected chi connectivity index (χ0v) is 16.2. The molecule has 3 atom stereocenters. The fraction of sp³-hybridized carbons (Fsp3) is 0.632. The van der Waals surface area contributed by atoms with Crippen molar-refractivity contribution >= 4 is 6.09 Å². The van der Waals surface area contributed by atoms with Crippen LogP contribution in [0.3, 0.4) is 0 Å². The summed E-state index contributed by atoms with van der Waals surface area (Å²) in [5, 5.41) is 13.0. The predicted molar refractivity (Wildman–Crippen MR) is 96.6 cm³/mol. The molecule has 6 nitrogen and oxygen atoms in total. The lowest BCUT2D eigenvalue weighted by Gasteiger charge is -2.38. The molecule has 0 bridgehead atoms. The maximum absolute atomic E-state index is 13.7. The number of hydrogen-bond acceptors (Lipinski definition) is 5. The summed E-state index contributed by atoms with van der Waals surface area (Å²) in [7, 11) is 1.48. The average molecular weight is 386 g/mol. The number of methoxy groups -OCH3 is 1. The van der Waals surface area contributed by atoms with Crippen molar-refractivity contribution in [3.8, 4) is 0 Å². The topological polar surface area (TPSA) is 71.0 Å². The Hall–Kier alpha value is -1.77. The van der Waals surface area contributed by atoms with Gasteiger partial charge in [-0.2, -0.15) is 0 Å². The first-order chi connectivity index (χ1) is 12.7. The number of aliphatic hydroxyl groups is 1. The molecule has 1 fully saturated rings. The molecule has 1 aromatic rings. The Morgan fingerprint density at radius 2 is 2.04 bits per heavy atom. The second-order valence-electron chi connectivity index (χ2n) is 7.68. The van der Waals surface area contributed by atoms with Gasteiger partial charge in [-0.1, -0.05) is 6.07 Å². The van der Waals surface area contributed by atoms with E-state index in [1.807, 2.05) is 0 Å². The van der Waals surface area contributed by atoms with Crippen LogP contribution in [-0.4, -0.2) is 67.2 Å². The minimum atomic E-state index is -0.933. The zero-order valence-electron chi connectivity index (χ0n) is 16.2. The summed E-state index contributed by atoms with van der Waals surface area (Å²) in [5.41, 5.74) is -0.141. The number of nitrogens with zero attached hydrogens (tertiary/aromatic N) is 1. The molecule has 1 saturated heterocycles. The first-order valence-corrected chi connectivity index (χ1v) is 8.94. The van der Waals surface area contributed by atoms with Crippen LogP contribution in [0.25, 0.3) is 0 Å². The van der Waals surface area contributed by atoms with Crippen LogP contribution in [0.5, 0.6) is 0 Å². The fourth-order valence-electron chi connectivity index (χ4n) is 3.32. The van der Waals surface area contributed by atoms with Gasteiger partial charge in [0.15, 0.2) is 11.6 Å². The molecule has 0 spiro atoms. The van der Waals surface area contributed by atoms with Crippen molar-refractivity contribution in [1.29, 1.82) is 0 Å². The van der Waals surface area contributed by atoms with Crippen LogP contribution < -0.4 is 5.32 Å². The number of carbonyl (C=O) groups excluding carboxylic acids is 1. The van der Waals surface area contributed by atoms with E-state index in [9.17, 15) is 18.7 Å². The molecule has 0 aromatic heterocycles. The highest BCUT2D eigenvalue weighted by atomic mass is 19.2. The van der Waals surface area contributed by atoms with E-state index in [1.165, 1.54) is 18.1 Å². The van der Waals surface area contributed by atoms with Crippen LogP contribution in [0, 0.1) is 11.6 Å². The number of carbonyl (C=O) groups is 1. The molecule has 1 aliphatic rings. The standard InChI is InChI=1S/C19H28F2N2O4/c1-19(2,3)27-18(25)23(13(10-24)11-26-4)17-9-22-8-14(17)12-5-6-15(20)16(21)7-12/h5-7,13-14,17,22,24H,8-11H2,1-4H3/t13?,14-,17+/m0/s1. The zero-order chi connectivity index (χ0) is 20.2. The number of aliphatic hydroxyl groups excluding tert-OH is 1. The number of hydrogen-bond donors (Lipinski definition) is 2. The minimum absolute atomic E-state index is 0.122. The molecule has 2 rings (SSSR count). The molecule has 0 radical (unpaired) electrons. The SMILES string of the molecule is COCC(CO)N(C(=O)OC(C)(C)C)[C@@H]1CNC[C@H]1c1ccc(F)c(F)c1. The van der Waals surface area contributed by atoms with Gasteiger partial charge in [0.05, 0.1) is 25.3 Å². The Morgan fingerprint density at radius 3 is 2.59 bits per heavy atom. The number of halogens is 2. The number of ether oxygens (including phenoxy) is 2. The fourth-order valence-corrected chi connectivity index (χ4v) is 3.32. The monoisotopic (exact) mass is 386 g/mol. The molecule has 8 heteroatoms. The molecule has 1 unspecified atom stereocenters. The molecule has 0 saturated carbocycles. The van der Waals surface area contributed by atoms with Gasteiger partial charge in [0, 0.05) is 26.1 Å². The van der Waals surface area contributed by atoms with Crippen molar-refractivity contribution in [3.05, 3.63) is 35.4 Å². The van der Waals surface area contributed by atoms with Crippen molar-refractivity contribution in [2.45, 2.75) is 44.4 Å². The van der Waals surface area contributed by atoms with Gasteiger partial charge in [-0.15, -0.1) is 0 Å². The Bertz CT molecular complexity index is 651. The van der Waals surface area contributed by atoms with E-state index >= 15 is 0 Å². The first-order valence-electron chi connectivity index (χ1n) is 8.94. The van der Waals surface area contributed by atoms with Crippen LogP contribution in [0.15, 0.2) is 18.2 Å². The Labute approximate surface area is 158 Å². The molecule has 1 aliphatic heterocycles. The van der Waals surface area contributed by atoms with E-state index in [4.69, 9.17) is 9.47 Å². The summed E-state index contributed by atoms with van der Waals surface area (Å²) in [6.45, 7) is 6.00. The number of rotatable bonds is 6. The van der Waals surface area contributed by atoms with Crippen LogP contribution in [0.1, 0.15) is 32.3 Å². The van der Waals surface area contributed by atoms with Crippen LogP contribution in [0.2, 0.25) is 0 Å². The van der Waals surface area contributed by atoms with Crippen molar-refractivity contribution in [3.63, 3.8) is 0 Å². The van der Waals surface area contributed by atoms with Gasteiger partial charge in [-0.05, 0) is 38.5 Å². The highest BCUT2D eigenvalue weighted by molar-refractivity contribution is 5.69. The van der Waals surface area contributed by atoms with Crippen molar-refractivity contribution in [2.75, 3.05) is 33.4 Å². The van der Waals surface area contributed by atoms with E-state index in [0.29, 0.717) is 18.7 Å². The first kappa shape index (κ1) is 21.5. The largest absolute Gasteiger partial charge is 0.444 e. The normalized spacial score (nSPS) is 21.1. The molecular weight excluding hydrogens is 358 g/mol. The molecule has 1 amide bonds. The smallest absolute Gasteiger partial charge is 0.411 e. The van der Waals surface area contributed by atoms with Crippen LogP contribution >= 0.6 is 0 Å². The predicted octanol–water partition coefficient (Wildman–Crippen LogP) is 2.26. The third-order valence-electron chi connectivity index (χ3n) is 4.48. The van der Waals surface area contributed by atoms with Gasteiger partial charge >= 0.3 is 6.09 Å². The van der Waals surface area contributed by atoms with Gasteiger partial charge in [0.1, 0.15) is 5.60 Å². The van der Waals surface area contributed by atoms with Crippen LogP contribution in [-0.2, 0) is 9.47 Å². The Morgan fingerprint density at radius 1 is 1.33 bits per heavy atom. The summed E-state index contributed by atoms with van der Waals surface area (Å²) >= 11 is 0. The summed E-state index contributed by atoms with van der Waals surface area (Å²) in [4.78, 5) is 14.4. The average Bonchev–Trinajstić information content (AvgIpc) is 3.04.